The van der Waals surface area contributed by atoms with Gasteiger partial charge in [0.1, 0.15) is 11.5 Å². The van der Waals surface area contributed by atoms with Crippen LogP contribution in [-0.4, -0.2) is 56.5 Å². The zero-order chi connectivity index (χ0) is 22.2. The van der Waals surface area contributed by atoms with Gasteiger partial charge in [-0.2, -0.15) is 4.99 Å². The summed E-state index contributed by atoms with van der Waals surface area (Å²) < 4.78 is 35.3. The fraction of sp³-hybridized carbons (Fsp3) is 0.333. The zero-order valence-corrected chi connectivity index (χ0v) is 19.3. The Morgan fingerprint density at radius 3 is 2.65 bits per heavy atom. The molecule has 2 aromatic carbocycles. The normalized spacial score (nSPS) is 23.1. The number of rotatable bonds is 5. The van der Waals surface area contributed by atoms with Gasteiger partial charge in [0.25, 0.3) is 5.91 Å². The van der Waals surface area contributed by atoms with Crippen LogP contribution in [0.2, 0.25) is 5.02 Å². The van der Waals surface area contributed by atoms with Crippen LogP contribution < -0.4 is 14.4 Å². The molecule has 0 aliphatic carbocycles. The molecule has 2 atom stereocenters. The Labute approximate surface area is 190 Å². The summed E-state index contributed by atoms with van der Waals surface area (Å²) in [7, 11) is -0.0957. The van der Waals surface area contributed by atoms with Crippen molar-refractivity contribution >= 4 is 50.0 Å². The Hall–Kier alpha value is -2.23. The molecule has 1 amide bonds. The third-order valence-electron chi connectivity index (χ3n) is 5.22. The number of carbonyl (C=O) groups is 1. The number of carbonyl (C=O) groups excluding carboxylic acids is 1. The monoisotopic (exact) mass is 480 g/mol. The molecule has 2 aliphatic rings. The Bertz CT molecular complexity index is 1150. The van der Waals surface area contributed by atoms with E-state index in [1.807, 2.05) is 18.2 Å². The van der Waals surface area contributed by atoms with Gasteiger partial charge in [0, 0.05) is 15.8 Å². The number of halogens is 1. The Morgan fingerprint density at radius 2 is 1.90 bits per heavy atom. The Balaban J connectivity index is 1.71. The van der Waals surface area contributed by atoms with Crippen molar-refractivity contribution in [3.05, 3.63) is 53.1 Å². The van der Waals surface area contributed by atoms with Crippen molar-refractivity contribution in [1.29, 1.82) is 0 Å². The second-order valence-electron chi connectivity index (χ2n) is 7.26. The van der Waals surface area contributed by atoms with Crippen molar-refractivity contribution in [3.8, 4) is 11.5 Å². The van der Waals surface area contributed by atoms with E-state index in [0.29, 0.717) is 27.4 Å². The molecule has 2 heterocycles. The lowest BCUT2D eigenvalue weighted by atomic mass is 10.1. The summed E-state index contributed by atoms with van der Waals surface area (Å²) in [6.45, 7) is 0. The highest BCUT2D eigenvalue weighted by Gasteiger charge is 2.50. The highest BCUT2D eigenvalue weighted by Crippen LogP contribution is 2.44. The van der Waals surface area contributed by atoms with Crippen molar-refractivity contribution in [2.75, 3.05) is 30.6 Å². The van der Waals surface area contributed by atoms with Crippen LogP contribution in [0.15, 0.2) is 47.5 Å². The van der Waals surface area contributed by atoms with Gasteiger partial charge in [0.05, 0.1) is 43.9 Å². The molecule has 0 spiro atoms. The van der Waals surface area contributed by atoms with Crippen molar-refractivity contribution in [1.82, 2.24) is 0 Å². The highest BCUT2D eigenvalue weighted by atomic mass is 35.5. The number of methoxy groups -OCH3 is 2. The number of thioether (sulfide) groups is 1. The smallest absolute Gasteiger partial charge is 0.252 e. The van der Waals surface area contributed by atoms with E-state index in [4.69, 9.17) is 21.1 Å². The summed E-state index contributed by atoms with van der Waals surface area (Å²) in [5.74, 6) is 0.827. The molecule has 0 N–H and O–H groups in total. The van der Waals surface area contributed by atoms with Crippen molar-refractivity contribution in [2.45, 2.75) is 17.7 Å². The number of hydrogen-bond acceptors (Lipinski definition) is 6. The number of para-hydroxylation sites is 1. The van der Waals surface area contributed by atoms with E-state index in [-0.39, 0.29) is 35.1 Å². The molecule has 2 fully saturated rings. The maximum Gasteiger partial charge on any atom is 0.252 e. The zero-order valence-electron chi connectivity index (χ0n) is 16.9. The fourth-order valence-corrected chi connectivity index (χ4v) is 7.95. The molecule has 2 aliphatic heterocycles. The summed E-state index contributed by atoms with van der Waals surface area (Å²) in [5.41, 5.74) is 1.33. The molecular formula is C21H21ClN2O5S2. The average Bonchev–Trinajstić information content (AvgIpc) is 3.18. The topological polar surface area (TPSA) is 85.3 Å². The largest absolute Gasteiger partial charge is 0.496 e. The number of sulfone groups is 1. The number of nitrogens with zero attached hydrogens (tertiary/aromatic N) is 2. The first-order chi connectivity index (χ1) is 14.8. The van der Waals surface area contributed by atoms with Crippen molar-refractivity contribution in [2.24, 2.45) is 4.99 Å². The molecule has 0 saturated carbocycles. The average molecular weight is 481 g/mol. The third-order valence-corrected chi connectivity index (χ3v) is 8.67. The molecule has 2 aromatic rings. The summed E-state index contributed by atoms with van der Waals surface area (Å²) >= 11 is 7.52. The van der Waals surface area contributed by atoms with Crippen molar-refractivity contribution < 1.29 is 22.7 Å². The van der Waals surface area contributed by atoms with Gasteiger partial charge >= 0.3 is 0 Å². The molecule has 0 bridgehead atoms. The molecule has 4 rings (SSSR count). The van der Waals surface area contributed by atoms with E-state index in [2.05, 4.69) is 4.99 Å². The second kappa shape index (κ2) is 8.72. The molecule has 31 heavy (non-hydrogen) atoms. The lowest BCUT2D eigenvalue weighted by molar-refractivity contribution is -0.117. The van der Waals surface area contributed by atoms with Gasteiger partial charge in [-0.25, -0.2) is 8.42 Å². The lowest BCUT2D eigenvalue weighted by Crippen LogP contribution is -2.38. The number of aliphatic imine (C=N–C) groups is 1. The van der Waals surface area contributed by atoms with Crippen LogP contribution in [0.25, 0.3) is 0 Å². The molecule has 164 valence electrons. The Kier molecular flexibility index (Phi) is 6.18. The first kappa shape index (κ1) is 22.0. The van der Waals surface area contributed by atoms with E-state index in [9.17, 15) is 13.2 Å². The van der Waals surface area contributed by atoms with Gasteiger partial charge in [0.15, 0.2) is 15.0 Å². The van der Waals surface area contributed by atoms with Crippen LogP contribution in [0.5, 0.6) is 11.5 Å². The first-order valence-electron chi connectivity index (χ1n) is 9.54. The number of amides is 1. The van der Waals surface area contributed by atoms with Crippen LogP contribution in [0, 0.1) is 0 Å². The summed E-state index contributed by atoms with van der Waals surface area (Å²) in [6, 6.07) is 12.0. The van der Waals surface area contributed by atoms with Gasteiger partial charge in [-0.15, -0.1) is 0 Å². The van der Waals surface area contributed by atoms with E-state index >= 15 is 0 Å². The number of ether oxygens (including phenoxy) is 2. The quantitative estimate of drug-likeness (QED) is 0.649. The number of amidine groups is 1. The van der Waals surface area contributed by atoms with Crippen LogP contribution in [-0.2, 0) is 21.1 Å². The maximum absolute atomic E-state index is 12.8. The van der Waals surface area contributed by atoms with Crippen molar-refractivity contribution in [3.63, 3.8) is 0 Å². The standard InChI is InChI=1S/C21H21ClN2O5S2/c1-28-17-6-4-3-5-13(17)9-20(25)23-21-24(15-10-14(22)7-8-18(15)29-2)16-11-31(26,27)12-19(16)30-21/h3-8,10,16,19H,9,11-12H2,1-2H3/t16-,19-/m1/s1. The van der Waals surface area contributed by atoms with E-state index < -0.39 is 9.84 Å². The molecule has 7 nitrogen and oxygen atoms in total. The fourth-order valence-electron chi connectivity index (χ4n) is 3.86. The molecular weight excluding hydrogens is 460 g/mol. The number of benzene rings is 2. The minimum Gasteiger partial charge on any atom is -0.496 e. The molecule has 0 unspecified atom stereocenters. The second-order valence-corrected chi connectivity index (χ2v) is 11.1. The van der Waals surface area contributed by atoms with Gasteiger partial charge in [0.2, 0.25) is 0 Å². The summed E-state index contributed by atoms with van der Waals surface area (Å²) in [4.78, 5) is 19.0. The highest BCUT2D eigenvalue weighted by molar-refractivity contribution is 8.16. The third kappa shape index (κ3) is 4.53. The molecule has 0 aromatic heterocycles. The lowest BCUT2D eigenvalue weighted by Gasteiger charge is -2.26. The SMILES string of the molecule is COc1ccccc1CC(=O)N=C1S[C@@H]2CS(=O)(=O)C[C@H]2N1c1cc(Cl)ccc1OC. The van der Waals surface area contributed by atoms with Crippen LogP contribution >= 0.6 is 23.4 Å². The predicted molar refractivity (Wildman–Crippen MR) is 123 cm³/mol. The van der Waals surface area contributed by atoms with Crippen LogP contribution in [0.4, 0.5) is 5.69 Å². The van der Waals surface area contributed by atoms with Crippen LogP contribution in [0.3, 0.4) is 0 Å². The van der Waals surface area contributed by atoms with E-state index in [1.165, 1.54) is 18.9 Å². The minimum absolute atomic E-state index is 0.0138. The van der Waals surface area contributed by atoms with Crippen LogP contribution in [0.1, 0.15) is 5.56 Å². The van der Waals surface area contributed by atoms with Gasteiger partial charge in [-0.3, -0.25) is 4.79 Å². The van der Waals surface area contributed by atoms with Gasteiger partial charge in [-0.05, 0) is 24.3 Å². The number of hydrogen-bond donors (Lipinski definition) is 0. The number of anilines is 1. The maximum atomic E-state index is 12.8. The molecule has 0 radical (unpaired) electrons. The van der Waals surface area contributed by atoms with E-state index in [0.717, 1.165) is 5.56 Å². The Morgan fingerprint density at radius 1 is 1.16 bits per heavy atom. The molecule has 10 heteroatoms. The summed E-state index contributed by atoms with van der Waals surface area (Å²) in [5, 5.41) is 0.710. The number of fused-ring (bicyclic) bond motifs is 1. The van der Waals surface area contributed by atoms with E-state index in [1.54, 1.807) is 36.3 Å². The summed E-state index contributed by atoms with van der Waals surface area (Å²) in [6.07, 6.45) is 0.0717. The first-order valence-corrected chi connectivity index (χ1v) is 12.6. The predicted octanol–water partition coefficient (Wildman–Crippen LogP) is 3.20. The minimum atomic E-state index is -3.18. The molecule has 2 saturated heterocycles. The van der Waals surface area contributed by atoms with Gasteiger partial charge < -0.3 is 14.4 Å². The van der Waals surface area contributed by atoms with Gasteiger partial charge in [-0.1, -0.05) is 41.6 Å².